The summed E-state index contributed by atoms with van der Waals surface area (Å²) in [6, 6.07) is 15.8. The van der Waals surface area contributed by atoms with Gasteiger partial charge in [0.2, 0.25) is 10.0 Å². The lowest BCUT2D eigenvalue weighted by Crippen LogP contribution is -2.28. The van der Waals surface area contributed by atoms with E-state index >= 15 is 0 Å². The molecule has 0 aromatic heterocycles. The Morgan fingerprint density at radius 2 is 1.61 bits per heavy atom. The first-order chi connectivity index (χ1) is 11.0. The molecule has 0 unspecified atom stereocenters. The summed E-state index contributed by atoms with van der Waals surface area (Å²) >= 11 is 0. The summed E-state index contributed by atoms with van der Waals surface area (Å²) in [7, 11) is -0.371. The molecule has 2 rings (SSSR count). The Kier molecular flexibility index (Phi) is 6.01. The lowest BCUT2D eigenvalue weighted by molar-refractivity contribution is 0.296. The maximum atomic E-state index is 12.4. The van der Waals surface area contributed by atoms with E-state index in [9.17, 15) is 8.42 Å². The number of benzene rings is 2. The molecular formula is C17H21NO4S. The van der Waals surface area contributed by atoms with E-state index in [4.69, 9.17) is 9.47 Å². The number of hydrogen-bond acceptors (Lipinski definition) is 4. The second-order valence-electron chi connectivity index (χ2n) is 5.02. The Bertz CT molecular complexity index is 699. The molecule has 0 atom stereocenters. The third kappa shape index (κ3) is 4.71. The first kappa shape index (κ1) is 17.3. The second kappa shape index (κ2) is 7.99. The third-order valence-electron chi connectivity index (χ3n) is 3.40. The molecule has 0 aliphatic carbocycles. The molecule has 0 N–H and O–H groups in total. The smallest absolute Gasteiger partial charge is 0.242 e. The van der Waals surface area contributed by atoms with Crippen LogP contribution < -0.4 is 9.47 Å². The summed E-state index contributed by atoms with van der Waals surface area (Å²) in [6.07, 6.45) is 0.612. The van der Waals surface area contributed by atoms with E-state index in [0.29, 0.717) is 25.3 Å². The highest BCUT2D eigenvalue weighted by molar-refractivity contribution is 7.89. The SMILES string of the molecule is COc1ccc(S(=O)(=O)N(C)CCCOc2ccccc2)cc1. The molecule has 2 aromatic rings. The molecule has 23 heavy (non-hydrogen) atoms. The van der Waals surface area contributed by atoms with Crippen LogP contribution in [0.15, 0.2) is 59.5 Å². The number of ether oxygens (including phenoxy) is 2. The molecule has 0 heterocycles. The van der Waals surface area contributed by atoms with Crippen LogP contribution in [-0.2, 0) is 10.0 Å². The van der Waals surface area contributed by atoms with E-state index in [1.165, 1.54) is 4.31 Å². The highest BCUT2D eigenvalue weighted by Gasteiger charge is 2.20. The number of sulfonamides is 1. The van der Waals surface area contributed by atoms with Crippen LogP contribution in [0.5, 0.6) is 11.5 Å². The fourth-order valence-corrected chi connectivity index (χ4v) is 3.25. The Morgan fingerprint density at radius 3 is 2.22 bits per heavy atom. The monoisotopic (exact) mass is 335 g/mol. The summed E-state index contributed by atoms with van der Waals surface area (Å²) in [4.78, 5) is 0.254. The van der Waals surface area contributed by atoms with E-state index in [1.807, 2.05) is 30.3 Å². The molecule has 0 saturated heterocycles. The number of nitrogens with zero attached hydrogens (tertiary/aromatic N) is 1. The molecular weight excluding hydrogens is 314 g/mol. The topological polar surface area (TPSA) is 55.8 Å². The molecule has 0 amide bonds. The zero-order valence-electron chi connectivity index (χ0n) is 13.3. The van der Waals surface area contributed by atoms with E-state index < -0.39 is 10.0 Å². The Balaban J connectivity index is 1.87. The van der Waals surface area contributed by atoms with Crippen molar-refractivity contribution in [2.75, 3.05) is 27.3 Å². The van der Waals surface area contributed by atoms with Gasteiger partial charge in [-0.2, -0.15) is 0 Å². The van der Waals surface area contributed by atoms with Gasteiger partial charge >= 0.3 is 0 Å². The number of hydrogen-bond donors (Lipinski definition) is 0. The molecule has 0 aliphatic heterocycles. The van der Waals surface area contributed by atoms with Gasteiger partial charge in [0.1, 0.15) is 11.5 Å². The van der Waals surface area contributed by atoms with Crippen molar-refractivity contribution in [1.82, 2.24) is 4.31 Å². The molecule has 124 valence electrons. The lowest BCUT2D eigenvalue weighted by Gasteiger charge is -2.17. The third-order valence-corrected chi connectivity index (χ3v) is 5.27. The minimum Gasteiger partial charge on any atom is -0.497 e. The van der Waals surface area contributed by atoms with E-state index in [1.54, 1.807) is 38.4 Å². The predicted octanol–water partition coefficient (Wildman–Crippen LogP) is 2.78. The largest absolute Gasteiger partial charge is 0.497 e. The van der Waals surface area contributed by atoms with Crippen LogP contribution >= 0.6 is 0 Å². The van der Waals surface area contributed by atoms with Gasteiger partial charge in [-0.1, -0.05) is 18.2 Å². The summed E-state index contributed by atoms with van der Waals surface area (Å²) in [5, 5.41) is 0. The van der Waals surface area contributed by atoms with Crippen molar-refractivity contribution >= 4 is 10.0 Å². The van der Waals surface area contributed by atoms with Crippen LogP contribution in [0.3, 0.4) is 0 Å². The van der Waals surface area contributed by atoms with Gasteiger partial charge < -0.3 is 9.47 Å². The molecule has 0 saturated carbocycles. The van der Waals surface area contributed by atoms with Gasteiger partial charge in [-0.15, -0.1) is 0 Å². The highest BCUT2D eigenvalue weighted by Crippen LogP contribution is 2.18. The van der Waals surface area contributed by atoms with Crippen molar-refractivity contribution in [2.24, 2.45) is 0 Å². The molecule has 2 aromatic carbocycles. The van der Waals surface area contributed by atoms with Crippen molar-refractivity contribution in [3.8, 4) is 11.5 Å². The lowest BCUT2D eigenvalue weighted by atomic mass is 10.3. The molecule has 0 fully saturated rings. The fourth-order valence-electron chi connectivity index (χ4n) is 2.04. The number of para-hydroxylation sites is 1. The second-order valence-corrected chi connectivity index (χ2v) is 7.06. The maximum absolute atomic E-state index is 12.4. The standard InChI is InChI=1S/C17H21NO4S/c1-18(13-6-14-22-16-7-4-3-5-8-16)23(19,20)17-11-9-15(21-2)10-12-17/h3-5,7-12H,6,13-14H2,1-2H3. The van der Waals surface area contributed by atoms with Crippen molar-refractivity contribution in [3.05, 3.63) is 54.6 Å². The summed E-state index contributed by atoms with van der Waals surface area (Å²) in [5.41, 5.74) is 0. The summed E-state index contributed by atoms with van der Waals surface area (Å²) in [6.45, 7) is 0.855. The van der Waals surface area contributed by atoms with Crippen molar-refractivity contribution in [3.63, 3.8) is 0 Å². The van der Waals surface area contributed by atoms with Crippen LogP contribution in [0, 0.1) is 0 Å². The van der Waals surface area contributed by atoms with E-state index in [-0.39, 0.29) is 4.90 Å². The number of rotatable bonds is 8. The first-order valence-corrected chi connectivity index (χ1v) is 8.76. The zero-order chi connectivity index (χ0) is 16.7. The molecule has 5 nitrogen and oxygen atoms in total. The van der Waals surface area contributed by atoms with Crippen molar-refractivity contribution in [1.29, 1.82) is 0 Å². The predicted molar refractivity (Wildman–Crippen MR) is 89.4 cm³/mol. The Labute approximate surface area is 137 Å². The normalized spacial score (nSPS) is 11.4. The summed E-state index contributed by atoms with van der Waals surface area (Å²) < 4.78 is 36.8. The molecule has 0 spiro atoms. The van der Waals surface area contributed by atoms with Crippen LogP contribution in [-0.4, -0.2) is 40.0 Å². The average molecular weight is 335 g/mol. The van der Waals surface area contributed by atoms with E-state index in [0.717, 1.165) is 5.75 Å². The van der Waals surface area contributed by atoms with Crippen molar-refractivity contribution < 1.29 is 17.9 Å². The Hall–Kier alpha value is -2.05. The van der Waals surface area contributed by atoms with Crippen LogP contribution in [0.2, 0.25) is 0 Å². The minimum atomic E-state index is -3.49. The van der Waals surface area contributed by atoms with Gasteiger partial charge in [-0.25, -0.2) is 12.7 Å². The van der Waals surface area contributed by atoms with Gasteiger partial charge in [-0.05, 0) is 42.8 Å². The molecule has 0 radical (unpaired) electrons. The van der Waals surface area contributed by atoms with Crippen LogP contribution in [0.4, 0.5) is 0 Å². The first-order valence-electron chi connectivity index (χ1n) is 7.32. The van der Waals surface area contributed by atoms with Crippen LogP contribution in [0.1, 0.15) is 6.42 Å². The van der Waals surface area contributed by atoms with Gasteiger partial charge in [0.25, 0.3) is 0 Å². The Morgan fingerprint density at radius 1 is 0.957 bits per heavy atom. The van der Waals surface area contributed by atoms with E-state index in [2.05, 4.69) is 0 Å². The molecule has 0 aliphatic rings. The molecule has 6 heteroatoms. The maximum Gasteiger partial charge on any atom is 0.242 e. The molecule has 0 bridgehead atoms. The van der Waals surface area contributed by atoms with Crippen LogP contribution in [0.25, 0.3) is 0 Å². The van der Waals surface area contributed by atoms with Gasteiger partial charge in [-0.3, -0.25) is 0 Å². The van der Waals surface area contributed by atoms with Gasteiger partial charge in [0, 0.05) is 13.6 Å². The minimum absolute atomic E-state index is 0.254. The van der Waals surface area contributed by atoms with Crippen molar-refractivity contribution in [2.45, 2.75) is 11.3 Å². The highest BCUT2D eigenvalue weighted by atomic mass is 32.2. The van der Waals surface area contributed by atoms with Gasteiger partial charge in [0.15, 0.2) is 0 Å². The quantitative estimate of drug-likeness (QED) is 0.696. The van der Waals surface area contributed by atoms with Gasteiger partial charge in [0.05, 0.1) is 18.6 Å². The fraction of sp³-hybridized carbons (Fsp3) is 0.294. The zero-order valence-corrected chi connectivity index (χ0v) is 14.1. The average Bonchev–Trinajstić information content (AvgIpc) is 2.59. The number of methoxy groups -OCH3 is 1. The summed E-state index contributed by atoms with van der Waals surface area (Å²) in [5.74, 6) is 1.41.